The highest BCUT2D eigenvalue weighted by atomic mass is 16.4. The molecule has 0 heterocycles. The molecular formula is C30H46O5. The van der Waals surface area contributed by atoms with Crippen molar-refractivity contribution >= 4 is 5.97 Å². The summed E-state index contributed by atoms with van der Waals surface area (Å²) in [4.78, 5) is 12.8. The average molecular weight is 487 g/mol. The lowest BCUT2D eigenvalue weighted by Gasteiger charge is -2.69. The molecule has 5 aliphatic rings. The molecule has 0 aromatic carbocycles. The summed E-state index contributed by atoms with van der Waals surface area (Å²) in [5, 5.41) is 43.9. The van der Waals surface area contributed by atoms with Gasteiger partial charge in [-0.3, -0.25) is 4.79 Å². The van der Waals surface area contributed by atoms with Crippen molar-refractivity contribution in [1.82, 2.24) is 0 Å². The topological polar surface area (TPSA) is 98.0 Å². The van der Waals surface area contributed by atoms with E-state index >= 15 is 0 Å². The first-order chi connectivity index (χ1) is 16.0. The first-order valence-corrected chi connectivity index (χ1v) is 13.7. The van der Waals surface area contributed by atoms with Gasteiger partial charge in [0.25, 0.3) is 0 Å². The molecule has 4 N–H and O–H groups in total. The van der Waals surface area contributed by atoms with Crippen LogP contribution in [0.15, 0.2) is 23.3 Å². The van der Waals surface area contributed by atoms with E-state index in [9.17, 15) is 25.2 Å². The highest BCUT2D eigenvalue weighted by Gasteiger charge is 2.69. The van der Waals surface area contributed by atoms with E-state index in [0.717, 1.165) is 36.8 Å². The Morgan fingerprint density at radius 3 is 2.17 bits per heavy atom. The maximum absolute atomic E-state index is 12.8. The van der Waals surface area contributed by atoms with Crippen LogP contribution in [-0.4, -0.2) is 44.7 Å². The third kappa shape index (κ3) is 2.89. The van der Waals surface area contributed by atoms with Crippen LogP contribution in [0, 0.1) is 44.3 Å². The van der Waals surface area contributed by atoms with E-state index in [1.807, 2.05) is 13.8 Å². The van der Waals surface area contributed by atoms with Gasteiger partial charge < -0.3 is 20.4 Å². The predicted molar refractivity (Wildman–Crippen MR) is 135 cm³/mol. The van der Waals surface area contributed by atoms with Crippen molar-refractivity contribution in [3.63, 3.8) is 0 Å². The largest absolute Gasteiger partial charge is 0.481 e. The lowest BCUT2D eigenvalue weighted by molar-refractivity contribution is -0.193. The number of allylic oxidation sites excluding steroid dienone is 3. The van der Waals surface area contributed by atoms with Crippen LogP contribution in [0.3, 0.4) is 0 Å². The molecule has 3 saturated carbocycles. The van der Waals surface area contributed by atoms with E-state index in [1.54, 1.807) is 0 Å². The summed E-state index contributed by atoms with van der Waals surface area (Å²) in [6.07, 6.45) is 7.24. The molecule has 5 nitrogen and oxygen atoms in total. The zero-order valence-corrected chi connectivity index (χ0v) is 22.7. The standard InChI is InChI=1S/C30H46O5/c1-25(2)14-18-17-8-9-20-27(5)12-11-21(31)26(3,4)19(27)10-13-28(20,6)29(17,7)15-23(33)30(18,24(34)35)16-22(25)32/h8-9,19-23,31-33H,10-16H2,1-7H3,(H,34,35)/t19-,20-,21+,22-,23+,27+,28+,29+,30-/m1/s1. The van der Waals surface area contributed by atoms with Gasteiger partial charge >= 0.3 is 5.97 Å². The van der Waals surface area contributed by atoms with Crippen LogP contribution in [0.1, 0.15) is 93.4 Å². The maximum atomic E-state index is 12.8. The smallest absolute Gasteiger partial charge is 0.316 e. The number of carboxylic acid groups (broad SMARTS) is 1. The fourth-order valence-corrected chi connectivity index (χ4v) is 10.0. The molecule has 0 amide bonds. The Hall–Kier alpha value is -1.17. The number of carbonyl (C=O) groups is 1. The number of fused-ring (bicyclic) bond motifs is 6. The zero-order chi connectivity index (χ0) is 26.0. The molecule has 5 aliphatic carbocycles. The minimum Gasteiger partial charge on any atom is -0.481 e. The molecule has 5 heteroatoms. The van der Waals surface area contributed by atoms with Gasteiger partial charge in [-0.05, 0) is 89.6 Å². The average Bonchev–Trinajstić information content (AvgIpc) is 2.73. The molecule has 0 radical (unpaired) electrons. The third-order valence-corrected chi connectivity index (χ3v) is 12.6. The van der Waals surface area contributed by atoms with Gasteiger partial charge in [0.15, 0.2) is 0 Å². The quantitative estimate of drug-likeness (QED) is 0.414. The number of hydrogen-bond acceptors (Lipinski definition) is 4. The molecule has 5 rings (SSSR count). The molecule has 3 fully saturated rings. The van der Waals surface area contributed by atoms with E-state index in [1.165, 1.54) is 0 Å². The lowest BCUT2D eigenvalue weighted by Crippen LogP contribution is -2.65. The SMILES string of the molecule is CC1(C)CC2=C3C=C[C@@H]4[C@@]5(C)CC[C@H](O)C(C)(C)[C@H]5CC[C@]4(C)[C@@]3(C)C[C@H](O)[C@@]2(C(=O)O)C[C@H]1O. The van der Waals surface area contributed by atoms with Crippen LogP contribution in [0.25, 0.3) is 0 Å². The molecule has 0 saturated heterocycles. The van der Waals surface area contributed by atoms with Gasteiger partial charge in [0.1, 0.15) is 5.41 Å². The number of carboxylic acids is 1. The highest BCUT2D eigenvalue weighted by Crippen LogP contribution is 2.74. The predicted octanol–water partition coefficient (Wildman–Crippen LogP) is 5.10. The molecule has 0 aromatic heterocycles. The fourth-order valence-electron chi connectivity index (χ4n) is 10.0. The second kappa shape index (κ2) is 7.23. The van der Waals surface area contributed by atoms with Crippen LogP contribution >= 0.6 is 0 Å². The van der Waals surface area contributed by atoms with Crippen LogP contribution < -0.4 is 0 Å². The van der Waals surface area contributed by atoms with Crippen molar-refractivity contribution in [1.29, 1.82) is 0 Å². The van der Waals surface area contributed by atoms with Crippen LogP contribution in [-0.2, 0) is 4.79 Å². The number of aliphatic hydroxyl groups excluding tert-OH is 3. The molecule has 0 aliphatic heterocycles. The van der Waals surface area contributed by atoms with Gasteiger partial charge in [-0.2, -0.15) is 0 Å². The minimum absolute atomic E-state index is 0.0414. The molecule has 0 aromatic rings. The van der Waals surface area contributed by atoms with Crippen molar-refractivity contribution in [2.45, 2.75) is 112 Å². The van der Waals surface area contributed by atoms with E-state index < -0.39 is 29.0 Å². The van der Waals surface area contributed by atoms with Crippen molar-refractivity contribution in [2.24, 2.45) is 44.3 Å². The van der Waals surface area contributed by atoms with Crippen molar-refractivity contribution in [3.05, 3.63) is 23.3 Å². The van der Waals surface area contributed by atoms with Gasteiger partial charge in [-0.1, -0.05) is 60.6 Å². The lowest BCUT2D eigenvalue weighted by atomic mass is 9.35. The monoisotopic (exact) mass is 486 g/mol. The summed E-state index contributed by atoms with van der Waals surface area (Å²) in [6, 6.07) is 0. The van der Waals surface area contributed by atoms with Gasteiger partial charge in [0, 0.05) is 5.41 Å². The van der Waals surface area contributed by atoms with Gasteiger partial charge in [-0.15, -0.1) is 0 Å². The van der Waals surface area contributed by atoms with E-state index in [0.29, 0.717) is 24.7 Å². The maximum Gasteiger partial charge on any atom is 0.316 e. The van der Waals surface area contributed by atoms with Crippen LogP contribution in [0.4, 0.5) is 0 Å². The third-order valence-electron chi connectivity index (χ3n) is 12.6. The first kappa shape index (κ1) is 25.5. The number of aliphatic hydroxyl groups is 3. The molecule has 9 atom stereocenters. The Bertz CT molecular complexity index is 1010. The second-order valence-corrected chi connectivity index (χ2v) is 14.8. The Balaban J connectivity index is 1.71. The number of rotatable bonds is 1. The van der Waals surface area contributed by atoms with E-state index in [4.69, 9.17) is 0 Å². The van der Waals surface area contributed by atoms with Crippen LogP contribution in [0.5, 0.6) is 0 Å². The van der Waals surface area contributed by atoms with Crippen molar-refractivity contribution < 1.29 is 25.2 Å². The number of aliphatic carboxylic acids is 1. The van der Waals surface area contributed by atoms with Crippen molar-refractivity contribution in [3.8, 4) is 0 Å². The highest BCUT2D eigenvalue weighted by molar-refractivity contribution is 5.81. The molecule has 196 valence electrons. The molecular weight excluding hydrogens is 440 g/mol. The minimum atomic E-state index is -1.42. The van der Waals surface area contributed by atoms with Gasteiger partial charge in [-0.25, -0.2) is 0 Å². The summed E-state index contributed by atoms with van der Waals surface area (Å²) in [6.45, 7) is 15.5. The van der Waals surface area contributed by atoms with Gasteiger partial charge in [0.2, 0.25) is 0 Å². The molecule has 0 unspecified atom stereocenters. The van der Waals surface area contributed by atoms with E-state index in [2.05, 4.69) is 46.8 Å². The van der Waals surface area contributed by atoms with E-state index in [-0.39, 0.29) is 34.2 Å². The Labute approximate surface area is 210 Å². The summed E-state index contributed by atoms with van der Waals surface area (Å²) in [7, 11) is 0. The second-order valence-electron chi connectivity index (χ2n) is 14.8. The molecule has 0 spiro atoms. The summed E-state index contributed by atoms with van der Waals surface area (Å²) >= 11 is 0. The van der Waals surface area contributed by atoms with Gasteiger partial charge in [0.05, 0.1) is 18.3 Å². The Morgan fingerprint density at radius 2 is 1.54 bits per heavy atom. The van der Waals surface area contributed by atoms with Crippen LogP contribution in [0.2, 0.25) is 0 Å². The summed E-state index contributed by atoms with van der Waals surface area (Å²) < 4.78 is 0. The summed E-state index contributed by atoms with van der Waals surface area (Å²) in [5.74, 6) is -0.306. The normalized spacial score (nSPS) is 52.1. The fraction of sp³-hybridized carbons (Fsp3) is 0.833. The number of hydrogen-bond donors (Lipinski definition) is 4. The Morgan fingerprint density at radius 1 is 0.886 bits per heavy atom. The molecule has 35 heavy (non-hydrogen) atoms. The molecule has 0 bridgehead atoms. The zero-order valence-electron chi connectivity index (χ0n) is 22.7. The summed E-state index contributed by atoms with van der Waals surface area (Å²) in [5.41, 5.74) is -0.514. The Kier molecular flexibility index (Phi) is 5.26. The van der Waals surface area contributed by atoms with Crippen molar-refractivity contribution in [2.75, 3.05) is 0 Å². The first-order valence-electron chi connectivity index (χ1n) is 13.7.